The molecule has 0 saturated carbocycles. The molecule has 0 aliphatic heterocycles. The second kappa shape index (κ2) is 8.76. The van der Waals surface area contributed by atoms with Gasteiger partial charge in [-0.1, -0.05) is 12.1 Å². The van der Waals surface area contributed by atoms with E-state index in [-0.39, 0.29) is 5.56 Å². The molecule has 0 unspecified atom stereocenters. The third-order valence-corrected chi connectivity index (χ3v) is 4.11. The summed E-state index contributed by atoms with van der Waals surface area (Å²) in [5.41, 5.74) is 0.945. The van der Waals surface area contributed by atoms with Crippen LogP contribution in [-0.4, -0.2) is 36.3 Å². The second-order valence-corrected chi connectivity index (χ2v) is 6.05. The molecule has 10 heteroatoms. The molecule has 0 aliphatic carbocycles. The first-order valence-electron chi connectivity index (χ1n) is 8.69. The zero-order valence-corrected chi connectivity index (χ0v) is 16.1. The van der Waals surface area contributed by atoms with Gasteiger partial charge < -0.3 is 19.5 Å². The lowest BCUT2D eigenvalue weighted by Crippen LogP contribution is -2.18. The quantitative estimate of drug-likeness (QED) is 0.622. The second-order valence-electron chi connectivity index (χ2n) is 6.05. The van der Waals surface area contributed by atoms with Crippen molar-refractivity contribution in [3.05, 3.63) is 65.9 Å². The molecule has 3 rings (SSSR count). The van der Waals surface area contributed by atoms with E-state index < -0.39 is 18.0 Å². The normalized spacial score (nSPS) is 11.1. The van der Waals surface area contributed by atoms with Gasteiger partial charge in [0.2, 0.25) is 0 Å². The third kappa shape index (κ3) is 5.02. The van der Waals surface area contributed by atoms with E-state index in [0.717, 1.165) is 17.7 Å². The number of ether oxygens (including phenoxy) is 3. The maximum atomic E-state index is 12.5. The van der Waals surface area contributed by atoms with Crippen molar-refractivity contribution < 1.29 is 32.2 Å². The van der Waals surface area contributed by atoms with Crippen molar-refractivity contribution in [1.82, 2.24) is 9.78 Å². The van der Waals surface area contributed by atoms with Gasteiger partial charge in [0.1, 0.15) is 11.6 Å². The van der Waals surface area contributed by atoms with Crippen LogP contribution in [0, 0.1) is 0 Å². The molecule has 0 radical (unpaired) electrons. The van der Waals surface area contributed by atoms with Crippen molar-refractivity contribution in [1.29, 1.82) is 0 Å². The number of rotatable bonds is 7. The summed E-state index contributed by atoms with van der Waals surface area (Å²) in [5.74, 6) is 0.601. The van der Waals surface area contributed by atoms with Crippen molar-refractivity contribution in [2.75, 3.05) is 19.5 Å². The molecule has 1 aromatic heterocycles. The highest BCUT2D eigenvalue weighted by Gasteiger charge is 2.31. The summed E-state index contributed by atoms with van der Waals surface area (Å²) in [6.45, 7) is 0.293. The predicted octanol–water partition coefficient (Wildman–Crippen LogP) is 4.10. The zero-order valence-electron chi connectivity index (χ0n) is 16.1. The van der Waals surface area contributed by atoms with E-state index in [0.29, 0.717) is 23.9 Å². The largest absolute Gasteiger partial charge is 0.573 e. The average Bonchev–Trinajstić information content (AvgIpc) is 3.13. The molecule has 2 aromatic carbocycles. The predicted molar refractivity (Wildman–Crippen MR) is 102 cm³/mol. The molecule has 1 amide bonds. The smallest absolute Gasteiger partial charge is 0.493 e. The minimum Gasteiger partial charge on any atom is -0.493 e. The summed E-state index contributed by atoms with van der Waals surface area (Å²) < 4.78 is 52.8. The van der Waals surface area contributed by atoms with Gasteiger partial charge in [0, 0.05) is 17.2 Å². The molecular weight excluding hydrogens is 403 g/mol. The van der Waals surface area contributed by atoms with Gasteiger partial charge in [0.25, 0.3) is 5.91 Å². The third-order valence-electron chi connectivity index (χ3n) is 4.11. The van der Waals surface area contributed by atoms with E-state index in [1.165, 1.54) is 32.5 Å². The molecule has 1 N–H and O–H groups in total. The highest BCUT2D eigenvalue weighted by atomic mass is 19.4. The molecule has 30 heavy (non-hydrogen) atoms. The van der Waals surface area contributed by atoms with E-state index in [4.69, 9.17) is 9.47 Å². The minimum absolute atomic E-state index is 0.163. The zero-order chi connectivity index (χ0) is 21.7. The number of amides is 1. The molecule has 0 spiro atoms. The summed E-state index contributed by atoms with van der Waals surface area (Å²) in [6.07, 6.45) is -3.28. The summed E-state index contributed by atoms with van der Waals surface area (Å²) >= 11 is 0. The van der Waals surface area contributed by atoms with Crippen LogP contribution >= 0.6 is 0 Å². The molecule has 3 aromatic rings. The van der Waals surface area contributed by atoms with Gasteiger partial charge in [-0.25, -0.2) is 4.68 Å². The highest BCUT2D eigenvalue weighted by Crippen LogP contribution is 2.31. The Balaban J connectivity index is 1.74. The maximum Gasteiger partial charge on any atom is 0.573 e. The summed E-state index contributed by atoms with van der Waals surface area (Å²) in [6, 6.07) is 11.6. The van der Waals surface area contributed by atoms with E-state index in [2.05, 4.69) is 15.2 Å². The number of anilines is 1. The topological polar surface area (TPSA) is 74.6 Å². The van der Waals surface area contributed by atoms with Crippen molar-refractivity contribution in [2.24, 2.45) is 0 Å². The average molecular weight is 421 g/mol. The first-order chi connectivity index (χ1) is 14.3. The SMILES string of the molecule is COc1cccc(Cn2nccc2NC(=O)c2ccc(OC(F)(F)F)cc2)c1OC. The number of nitrogens with one attached hydrogen (secondary N) is 1. The van der Waals surface area contributed by atoms with E-state index in [9.17, 15) is 18.0 Å². The fourth-order valence-corrected chi connectivity index (χ4v) is 2.80. The Morgan fingerprint density at radius 3 is 2.43 bits per heavy atom. The summed E-state index contributed by atoms with van der Waals surface area (Å²) in [5, 5.41) is 6.89. The number of methoxy groups -OCH3 is 2. The molecule has 158 valence electrons. The number of alkyl halides is 3. The fourth-order valence-electron chi connectivity index (χ4n) is 2.80. The molecule has 0 atom stereocenters. The lowest BCUT2D eigenvalue weighted by Gasteiger charge is -2.14. The van der Waals surface area contributed by atoms with Crippen LogP contribution in [0.1, 0.15) is 15.9 Å². The van der Waals surface area contributed by atoms with Gasteiger partial charge in [-0.3, -0.25) is 4.79 Å². The van der Waals surface area contributed by atoms with Crippen LogP contribution in [0.4, 0.5) is 19.0 Å². The Morgan fingerprint density at radius 1 is 1.07 bits per heavy atom. The van der Waals surface area contributed by atoms with Gasteiger partial charge in [0.05, 0.1) is 27.0 Å². The van der Waals surface area contributed by atoms with Crippen LogP contribution in [0.15, 0.2) is 54.7 Å². The first kappa shape index (κ1) is 21.0. The number of carbonyl (C=O) groups excluding carboxylic acids is 1. The van der Waals surface area contributed by atoms with Crippen LogP contribution < -0.4 is 19.5 Å². The van der Waals surface area contributed by atoms with Gasteiger partial charge in [-0.15, -0.1) is 13.2 Å². The lowest BCUT2D eigenvalue weighted by molar-refractivity contribution is -0.274. The van der Waals surface area contributed by atoms with Gasteiger partial charge in [-0.05, 0) is 30.3 Å². The number of halogens is 3. The number of carbonyl (C=O) groups is 1. The highest BCUT2D eigenvalue weighted by molar-refractivity contribution is 6.03. The van der Waals surface area contributed by atoms with Crippen molar-refractivity contribution >= 4 is 11.7 Å². The molecule has 0 bridgehead atoms. The Morgan fingerprint density at radius 2 is 1.80 bits per heavy atom. The van der Waals surface area contributed by atoms with Crippen molar-refractivity contribution in [3.8, 4) is 17.2 Å². The molecule has 0 aliphatic rings. The summed E-state index contributed by atoms with van der Waals surface area (Å²) in [4.78, 5) is 12.5. The molecule has 7 nitrogen and oxygen atoms in total. The van der Waals surface area contributed by atoms with Crippen LogP contribution in [-0.2, 0) is 6.54 Å². The van der Waals surface area contributed by atoms with E-state index in [1.54, 1.807) is 16.8 Å². The van der Waals surface area contributed by atoms with Gasteiger partial charge in [0.15, 0.2) is 11.5 Å². The van der Waals surface area contributed by atoms with Crippen LogP contribution in [0.2, 0.25) is 0 Å². The Kier molecular flexibility index (Phi) is 6.14. The fraction of sp³-hybridized carbons (Fsp3) is 0.200. The van der Waals surface area contributed by atoms with E-state index in [1.807, 2.05) is 12.1 Å². The van der Waals surface area contributed by atoms with Crippen molar-refractivity contribution in [2.45, 2.75) is 12.9 Å². The number of nitrogens with zero attached hydrogens (tertiary/aromatic N) is 2. The molecule has 0 fully saturated rings. The molecular formula is C20H18F3N3O4. The number of para-hydroxylation sites is 1. The minimum atomic E-state index is -4.79. The number of aromatic nitrogens is 2. The number of benzene rings is 2. The Bertz CT molecular complexity index is 1020. The maximum absolute atomic E-state index is 12.5. The number of hydrogen-bond donors (Lipinski definition) is 1. The van der Waals surface area contributed by atoms with Crippen molar-refractivity contribution in [3.63, 3.8) is 0 Å². The molecule has 0 saturated heterocycles. The molecule has 1 heterocycles. The summed E-state index contributed by atoms with van der Waals surface area (Å²) in [7, 11) is 3.06. The van der Waals surface area contributed by atoms with Crippen LogP contribution in [0.3, 0.4) is 0 Å². The first-order valence-corrected chi connectivity index (χ1v) is 8.69. The van der Waals surface area contributed by atoms with Gasteiger partial charge in [-0.2, -0.15) is 5.10 Å². The standard InChI is InChI=1S/C20H18F3N3O4/c1-28-16-5-3-4-14(18(16)29-2)12-26-17(10-11-24-26)25-19(27)13-6-8-15(9-7-13)30-20(21,22)23/h3-11H,12H2,1-2H3,(H,25,27). The van der Waals surface area contributed by atoms with E-state index >= 15 is 0 Å². The lowest BCUT2D eigenvalue weighted by atomic mass is 10.2. The monoisotopic (exact) mass is 421 g/mol. The Hall–Kier alpha value is -3.69. The van der Waals surface area contributed by atoms with Gasteiger partial charge >= 0.3 is 6.36 Å². The van der Waals surface area contributed by atoms with Crippen LogP contribution in [0.25, 0.3) is 0 Å². The van der Waals surface area contributed by atoms with Crippen LogP contribution in [0.5, 0.6) is 17.2 Å². The number of hydrogen-bond acceptors (Lipinski definition) is 5. The Labute approximate surface area is 170 Å².